The summed E-state index contributed by atoms with van der Waals surface area (Å²) in [7, 11) is 0. The SMILES string of the molecule is O=C1NC(=O)[C@]23C=CC=C[C@@]12CCCC3. The zero-order chi connectivity index (χ0) is 10.5. The quantitative estimate of drug-likeness (QED) is 0.603. The third-order valence-electron chi connectivity index (χ3n) is 4.10. The van der Waals surface area contributed by atoms with E-state index in [0.717, 1.165) is 25.7 Å². The van der Waals surface area contributed by atoms with Gasteiger partial charge in [-0.25, -0.2) is 0 Å². The molecule has 1 N–H and O–H groups in total. The molecule has 0 radical (unpaired) electrons. The second-order valence-electron chi connectivity index (χ2n) is 4.65. The largest absolute Gasteiger partial charge is 0.295 e. The number of carbonyl (C=O) groups is 2. The number of amides is 2. The number of imide groups is 1. The van der Waals surface area contributed by atoms with E-state index in [9.17, 15) is 9.59 Å². The van der Waals surface area contributed by atoms with Gasteiger partial charge in [-0.05, 0) is 12.8 Å². The van der Waals surface area contributed by atoms with Gasteiger partial charge in [-0.2, -0.15) is 0 Å². The van der Waals surface area contributed by atoms with Gasteiger partial charge in [0.25, 0.3) is 0 Å². The van der Waals surface area contributed by atoms with Crippen LogP contribution in [0.2, 0.25) is 0 Å². The van der Waals surface area contributed by atoms with Gasteiger partial charge < -0.3 is 0 Å². The van der Waals surface area contributed by atoms with Crippen molar-refractivity contribution in [3.8, 4) is 0 Å². The fourth-order valence-electron chi connectivity index (χ4n) is 3.27. The standard InChI is InChI=1S/C12H13NO2/c14-9-11-5-1-2-6-12(11,10(15)13-9)8-4-3-7-11/h1-2,5-6H,3-4,7-8H2,(H,13,14,15)/t11-,12-/m1/s1. The first-order valence-corrected chi connectivity index (χ1v) is 5.44. The maximum absolute atomic E-state index is 12.0. The Morgan fingerprint density at radius 1 is 0.933 bits per heavy atom. The maximum Gasteiger partial charge on any atom is 0.238 e. The minimum atomic E-state index is -0.572. The fourth-order valence-corrected chi connectivity index (χ4v) is 3.27. The van der Waals surface area contributed by atoms with Crippen LogP contribution in [0.3, 0.4) is 0 Å². The highest BCUT2D eigenvalue weighted by atomic mass is 16.2. The summed E-state index contributed by atoms with van der Waals surface area (Å²) in [5, 5.41) is 2.50. The molecule has 1 heterocycles. The molecule has 0 unspecified atom stereocenters. The molecule has 3 nitrogen and oxygen atoms in total. The Kier molecular flexibility index (Phi) is 1.54. The first-order valence-electron chi connectivity index (χ1n) is 5.44. The molecule has 3 rings (SSSR count). The van der Waals surface area contributed by atoms with Crippen LogP contribution in [0.1, 0.15) is 25.7 Å². The monoisotopic (exact) mass is 203 g/mol. The lowest BCUT2D eigenvalue weighted by atomic mass is 9.55. The highest BCUT2D eigenvalue weighted by Crippen LogP contribution is 2.57. The molecule has 0 aromatic rings. The Labute approximate surface area is 88.2 Å². The van der Waals surface area contributed by atoms with Crippen molar-refractivity contribution in [3.63, 3.8) is 0 Å². The summed E-state index contributed by atoms with van der Waals surface area (Å²) >= 11 is 0. The highest BCUT2D eigenvalue weighted by Gasteiger charge is 2.64. The smallest absolute Gasteiger partial charge is 0.238 e. The van der Waals surface area contributed by atoms with Crippen LogP contribution >= 0.6 is 0 Å². The lowest BCUT2D eigenvalue weighted by Gasteiger charge is -2.43. The van der Waals surface area contributed by atoms with Gasteiger partial charge >= 0.3 is 0 Å². The van der Waals surface area contributed by atoms with Crippen LogP contribution in [0.5, 0.6) is 0 Å². The van der Waals surface area contributed by atoms with Crippen LogP contribution in [-0.4, -0.2) is 11.8 Å². The van der Waals surface area contributed by atoms with Gasteiger partial charge in [-0.3, -0.25) is 14.9 Å². The van der Waals surface area contributed by atoms with Crippen molar-refractivity contribution in [3.05, 3.63) is 24.3 Å². The van der Waals surface area contributed by atoms with Crippen LogP contribution in [0.15, 0.2) is 24.3 Å². The molecule has 0 aromatic carbocycles. The third kappa shape index (κ3) is 0.822. The topological polar surface area (TPSA) is 46.2 Å². The van der Waals surface area contributed by atoms with Crippen molar-refractivity contribution < 1.29 is 9.59 Å². The van der Waals surface area contributed by atoms with Crippen LogP contribution in [-0.2, 0) is 9.59 Å². The van der Waals surface area contributed by atoms with Gasteiger partial charge in [-0.15, -0.1) is 0 Å². The number of nitrogens with one attached hydrogen (secondary N) is 1. The fraction of sp³-hybridized carbons (Fsp3) is 0.500. The molecule has 0 aromatic heterocycles. The van der Waals surface area contributed by atoms with Gasteiger partial charge in [0.15, 0.2) is 0 Å². The van der Waals surface area contributed by atoms with Crippen molar-refractivity contribution in [1.29, 1.82) is 0 Å². The zero-order valence-corrected chi connectivity index (χ0v) is 8.45. The summed E-state index contributed by atoms with van der Waals surface area (Å²) in [6, 6.07) is 0. The number of hydrogen-bond acceptors (Lipinski definition) is 2. The minimum absolute atomic E-state index is 0.104. The molecule has 1 saturated heterocycles. The van der Waals surface area contributed by atoms with E-state index in [4.69, 9.17) is 0 Å². The van der Waals surface area contributed by atoms with Crippen molar-refractivity contribution in [2.75, 3.05) is 0 Å². The molecule has 78 valence electrons. The molecule has 2 aliphatic carbocycles. The first kappa shape index (κ1) is 8.89. The van der Waals surface area contributed by atoms with E-state index in [-0.39, 0.29) is 11.8 Å². The van der Waals surface area contributed by atoms with Gasteiger partial charge in [0.1, 0.15) is 0 Å². The molecule has 2 fully saturated rings. The van der Waals surface area contributed by atoms with E-state index in [0.29, 0.717) is 0 Å². The molecule has 3 aliphatic rings. The molecule has 2 amide bonds. The summed E-state index contributed by atoms with van der Waals surface area (Å²) in [6.07, 6.45) is 11.3. The van der Waals surface area contributed by atoms with E-state index in [1.165, 1.54) is 0 Å². The van der Waals surface area contributed by atoms with Crippen molar-refractivity contribution in [2.24, 2.45) is 10.8 Å². The average Bonchev–Trinajstić information content (AvgIpc) is 2.50. The van der Waals surface area contributed by atoms with Crippen LogP contribution in [0.25, 0.3) is 0 Å². The second-order valence-corrected chi connectivity index (χ2v) is 4.65. The lowest BCUT2D eigenvalue weighted by Crippen LogP contribution is -2.45. The van der Waals surface area contributed by atoms with Crippen molar-refractivity contribution >= 4 is 11.8 Å². The van der Waals surface area contributed by atoms with Crippen molar-refractivity contribution in [2.45, 2.75) is 25.7 Å². The van der Waals surface area contributed by atoms with Crippen molar-refractivity contribution in [1.82, 2.24) is 5.32 Å². The summed E-state index contributed by atoms with van der Waals surface area (Å²) in [5.41, 5.74) is -1.14. The number of hydrogen-bond donors (Lipinski definition) is 1. The Balaban J connectivity index is 2.23. The summed E-state index contributed by atoms with van der Waals surface area (Å²) in [5.74, 6) is -0.208. The molecule has 2 atom stereocenters. The molecular formula is C12H13NO2. The van der Waals surface area contributed by atoms with Gasteiger partial charge in [0.2, 0.25) is 11.8 Å². The Morgan fingerprint density at radius 3 is 1.87 bits per heavy atom. The van der Waals surface area contributed by atoms with Gasteiger partial charge in [-0.1, -0.05) is 37.1 Å². The third-order valence-corrected chi connectivity index (χ3v) is 4.10. The van der Waals surface area contributed by atoms with Gasteiger partial charge in [0, 0.05) is 0 Å². The Morgan fingerprint density at radius 2 is 1.40 bits per heavy atom. The number of allylic oxidation sites excluding steroid dienone is 2. The second kappa shape index (κ2) is 2.60. The zero-order valence-electron chi connectivity index (χ0n) is 8.45. The Bertz CT molecular complexity index is 372. The molecule has 3 heteroatoms. The van der Waals surface area contributed by atoms with Crippen LogP contribution in [0.4, 0.5) is 0 Å². The first-order chi connectivity index (χ1) is 7.21. The highest BCUT2D eigenvalue weighted by molar-refractivity contribution is 6.12. The molecular weight excluding hydrogens is 190 g/mol. The van der Waals surface area contributed by atoms with E-state index in [1.54, 1.807) is 0 Å². The predicted molar refractivity (Wildman–Crippen MR) is 54.8 cm³/mol. The number of carbonyl (C=O) groups excluding carboxylic acids is 2. The van der Waals surface area contributed by atoms with E-state index in [2.05, 4.69) is 5.32 Å². The normalized spacial score (nSPS) is 42.4. The lowest BCUT2D eigenvalue weighted by molar-refractivity contribution is -0.130. The van der Waals surface area contributed by atoms with Crippen LogP contribution in [0, 0.1) is 10.8 Å². The molecule has 15 heavy (non-hydrogen) atoms. The summed E-state index contributed by atoms with van der Waals surface area (Å²) in [4.78, 5) is 23.9. The van der Waals surface area contributed by atoms with E-state index >= 15 is 0 Å². The predicted octanol–water partition coefficient (Wildman–Crippen LogP) is 1.32. The maximum atomic E-state index is 12.0. The molecule has 0 spiro atoms. The minimum Gasteiger partial charge on any atom is -0.295 e. The number of rotatable bonds is 0. The molecule has 1 saturated carbocycles. The van der Waals surface area contributed by atoms with E-state index in [1.807, 2.05) is 24.3 Å². The Hall–Kier alpha value is -1.38. The van der Waals surface area contributed by atoms with Gasteiger partial charge in [0.05, 0.1) is 10.8 Å². The average molecular weight is 203 g/mol. The summed E-state index contributed by atoms with van der Waals surface area (Å²) < 4.78 is 0. The molecule has 1 aliphatic heterocycles. The van der Waals surface area contributed by atoms with Crippen LogP contribution < -0.4 is 5.32 Å². The summed E-state index contributed by atoms with van der Waals surface area (Å²) in [6.45, 7) is 0. The molecule has 0 bridgehead atoms. The van der Waals surface area contributed by atoms with E-state index < -0.39 is 10.8 Å².